The Morgan fingerprint density at radius 3 is 2.53 bits per heavy atom. The number of nitrogens with zero attached hydrogens (tertiary/aromatic N) is 3. The quantitative estimate of drug-likeness (QED) is 0.484. The molecule has 0 unspecified atom stereocenters. The molecule has 2 heterocycles. The van der Waals surface area contributed by atoms with E-state index < -0.39 is 0 Å². The number of rotatable bonds is 6. The van der Waals surface area contributed by atoms with Gasteiger partial charge in [0.1, 0.15) is 0 Å². The third-order valence-electron chi connectivity index (χ3n) is 5.16. The zero-order chi connectivity index (χ0) is 21.1. The van der Waals surface area contributed by atoms with Crippen LogP contribution in [0.5, 0.6) is 11.5 Å². The predicted molar refractivity (Wildman–Crippen MR) is 117 cm³/mol. The number of thioether (sulfide) groups is 1. The van der Waals surface area contributed by atoms with E-state index in [-0.39, 0.29) is 11.7 Å². The van der Waals surface area contributed by atoms with Crippen LogP contribution in [-0.2, 0) is 17.8 Å². The third kappa shape index (κ3) is 4.09. The largest absolute Gasteiger partial charge is 0.493 e. The van der Waals surface area contributed by atoms with Gasteiger partial charge in [-0.25, -0.2) is 9.66 Å². The summed E-state index contributed by atoms with van der Waals surface area (Å²) in [5, 5.41) is 0.617. The zero-order valence-electron chi connectivity index (χ0n) is 17.0. The van der Waals surface area contributed by atoms with Crippen LogP contribution in [0, 0.1) is 0 Å². The highest BCUT2D eigenvalue weighted by Crippen LogP contribution is 2.33. The minimum atomic E-state index is 0.0599. The van der Waals surface area contributed by atoms with Gasteiger partial charge >= 0.3 is 0 Å². The first-order valence-electron chi connectivity index (χ1n) is 9.63. The van der Waals surface area contributed by atoms with E-state index in [1.807, 2.05) is 47.4 Å². The van der Waals surface area contributed by atoms with E-state index in [2.05, 4.69) is 4.98 Å². The molecule has 2 N–H and O–H groups in total. The summed E-state index contributed by atoms with van der Waals surface area (Å²) in [4.78, 5) is 19.3. The number of hydrogen-bond donors (Lipinski definition) is 1. The average molecular weight is 425 g/mol. The predicted octanol–water partition coefficient (Wildman–Crippen LogP) is 2.96. The molecule has 1 amide bonds. The maximum atomic E-state index is 12.8. The summed E-state index contributed by atoms with van der Waals surface area (Å²) in [6.07, 6.45) is 2.56. The van der Waals surface area contributed by atoms with Crippen LogP contribution < -0.4 is 15.3 Å². The second-order valence-electron chi connectivity index (χ2n) is 7.01. The number of fused-ring (bicyclic) bond motifs is 1. The van der Waals surface area contributed by atoms with Crippen LogP contribution in [0.1, 0.15) is 11.1 Å². The van der Waals surface area contributed by atoms with E-state index >= 15 is 0 Å². The lowest BCUT2D eigenvalue weighted by atomic mass is 9.99. The Kier molecular flexibility index (Phi) is 5.85. The van der Waals surface area contributed by atoms with Crippen LogP contribution in [0.2, 0.25) is 0 Å². The highest BCUT2D eigenvalue weighted by atomic mass is 32.2. The van der Waals surface area contributed by atoms with E-state index in [0.29, 0.717) is 24.0 Å². The Morgan fingerprint density at radius 1 is 1.13 bits per heavy atom. The molecule has 1 aromatic heterocycles. The Labute approximate surface area is 179 Å². The van der Waals surface area contributed by atoms with Crippen LogP contribution in [0.15, 0.2) is 53.8 Å². The number of carbonyl (C=O) groups is 1. The second-order valence-corrected chi connectivity index (χ2v) is 7.95. The molecule has 7 nitrogen and oxygen atoms in total. The molecule has 3 aromatic rings. The number of methoxy groups -OCH3 is 2. The number of nitrogen functional groups attached to an aromatic ring is 1. The van der Waals surface area contributed by atoms with E-state index in [1.165, 1.54) is 22.0 Å². The molecule has 0 bridgehead atoms. The van der Waals surface area contributed by atoms with Crippen molar-refractivity contribution in [2.45, 2.75) is 18.1 Å². The molecule has 0 radical (unpaired) electrons. The Morgan fingerprint density at radius 2 is 1.83 bits per heavy atom. The van der Waals surface area contributed by atoms with Gasteiger partial charge in [0.15, 0.2) is 16.7 Å². The fraction of sp³-hybridized carbons (Fsp3) is 0.273. The van der Waals surface area contributed by atoms with Crippen molar-refractivity contribution in [2.24, 2.45) is 0 Å². The van der Waals surface area contributed by atoms with E-state index in [1.54, 1.807) is 20.4 Å². The summed E-state index contributed by atoms with van der Waals surface area (Å²) in [6, 6.07) is 13.8. The molecule has 0 aliphatic carbocycles. The first kappa shape index (κ1) is 20.2. The lowest BCUT2D eigenvalue weighted by molar-refractivity contribution is -0.129. The van der Waals surface area contributed by atoms with E-state index in [0.717, 1.165) is 29.0 Å². The van der Waals surface area contributed by atoms with Crippen molar-refractivity contribution in [3.8, 4) is 22.8 Å². The molecule has 0 spiro atoms. The topological polar surface area (TPSA) is 82.6 Å². The van der Waals surface area contributed by atoms with Crippen LogP contribution in [-0.4, -0.2) is 47.0 Å². The van der Waals surface area contributed by atoms with Gasteiger partial charge in [0.05, 0.1) is 31.9 Å². The van der Waals surface area contributed by atoms with Crippen LogP contribution >= 0.6 is 11.8 Å². The molecule has 0 saturated carbocycles. The summed E-state index contributed by atoms with van der Waals surface area (Å²) in [6.45, 7) is 1.23. The smallest absolute Gasteiger partial charge is 0.233 e. The molecular formula is C22H24N4O3S. The van der Waals surface area contributed by atoms with Crippen molar-refractivity contribution < 1.29 is 14.3 Å². The van der Waals surface area contributed by atoms with Gasteiger partial charge in [0.25, 0.3) is 0 Å². The van der Waals surface area contributed by atoms with Crippen molar-refractivity contribution in [3.63, 3.8) is 0 Å². The number of carbonyl (C=O) groups excluding carboxylic acids is 1. The Hall–Kier alpha value is -3.13. The van der Waals surface area contributed by atoms with E-state index in [4.69, 9.17) is 15.3 Å². The van der Waals surface area contributed by atoms with Gasteiger partial charge < -0.3 is 20.2 Å². The number of imidazole rings is 1. The van der Waals surface area contributed by atoms with Gasteiger partial charge in [0.2, 0.25) is 5.91 Å². The summed E-state index contributed by atoms with van der Waals surface area (Å²) in [7, 11) is 3.25. The molecule has 156 valence electrons. The maximum absolute atomic E-state index is 12.8. The molecule has 2 aromatic carbocycles. The molecule has 0 atom stereocenters. The lowest BCUT2D eigenvalue weighted by Gasteiger charge is -2.29. The SMILES string of the molecule is COc1cc2c(cc1OC)CN(C(=O)CSc1nc(-c3ccccc3)cn1N)CC2. The van der Waals surface area contributed by atoms with Crippen molar-refractivity contribution in [1.82, 2.24) is 14.6 Å². The zero-order valence-corrected chi connectivity index (χ0v) is 17.8. The number of benzene rings is 2. The normalized spacial score (nSPS) is 13.1. The number of nitrogens with two attached hydrogens (primary N) is 1. The first-order valence-corrected chi connectivity index (χ1v) is 10.6. The van der Waals surface area contributed by atoms with Gasteiger partial charge in [-0.05, 0) is 29.7 Å². The molecule has 4 rings (SSSR count). The monoisotopic (exact) mass is 424 g/mol. The first-order chi connectivity index (χ1) is 14.6. The van der Waals surface area contributed by atoms with Crippen molar-refractivity contribution in [3.05, 3.63) is 59.8 Å². The number of ether oxygens (including phenoxy) is 2. The Bertz CT molecular complexity index is 1050. The van der Waals surface area contributed by atoms with Crippen LogP contribution in [0.4, 0.5) is 0 Å². The van der Waals surface area contributed by atoms with Gasteiger partial charge in [-0.3, -0.25) is 4.79 Å². The molecule has 0 fully saturated rings. The van der Waals surface area contributed by atoms with Gasteiger partial charge in [-0.1, -0.05) is 42.1 Å². The molecule has 1 aliphatic rings. The highest BCUT2D eigenvalue weighted by molar-refractivity contribution is 7.99. The van der Waals surface area contributed by atoms with Crippen molar-refractivity contribution >= 4 is 17.7 Å². The lowest BCUT2D eigenvalue weighted by Crippen LogP contribution is -2.37. The van der Waals surface area contributed by atoms with E-state index in [9.17, 15) is 4.79 Å². The molecule has 0 saturated heterocycles. The minimum Gasteiger partial charge on any atom is -0.493 e. The fourth-order valence-electron chi connectivity index (χ4n) is 3.55. The Balaban J connectivity index is 1.41. The van der Waals surface area contributed by atoms with Crippen LogP contribution in [0.3, 0.4) is 0 Å². The molecule has 1 aliphatic heterocycles. The third-order valence-corrected chi connectivity index (χ3v) is 6.11. The molecule has 30 heavy (non-hydrogen) atoms. The van der Waals surface area contributed by atoms with Crippen LogP contribution in [0.25, 0.3) is 11.3 Å². The molecule has 8 heteroatoms. The highest BCUT2D eigenvalue weighted by Gasteiger charge is 2.23. The van der Waals surface area contributed by atoms with Gasteiger partial charge in [-0.2, -0.15) is 0 Å². The second kappa shape index (κ2) is 8.71. The van der Waals surface area contributed by atoms with Gasteiger partial charge in [0, 0.05) is 18.7 Å². The number of amides is 1. The average Bonchev–Trinajstić information content (AvgIpc) is 3.17. The van der Waals surface area contributed by atoms with Gasteiger partial charge in [-0.15, -0.1) is 0 Å². The fourth-order valence-corrected chi connectivity index (χ4v) is 4.34. The standard InChI is InChI=1S/C22H24N4O3S/c1-28-19-10-16-8-9-25(12-17(16)11-20(19)29-2)21(27)14-30-22-24-18(13-26(22)23)15-6-4-3-5-7-15/h3-7,10-11,13H,8-9,12,14,23H2,1-2H3. The number of aromatic nitrogens is 2. The maximum Gasteiger partial charge on any atom is 0.233 e. The summed E-state index contributed by atoms with van der Waals surface area (Å²) < 4.78 is 12.3. The minimum absolute atomic E-state index is 0.0599. The van der Waals surface area contributed by atoms with Crippen molar-refractivity contribution in [1.29, 1.82) is 0 Å². The molecular weight excluding hydrogens is 400 g/mol. The summed E-state index contributed by atoms with van der Waals surface area (Å²) >= 11 is 1.35. The summed E-state index contributed by atoms with van der Waals surface area (Å²) in [5.41, 5.74) is 4.06. The van der Waals surface area contributed by atoms with Crippen molar-refractivity contribution in [2.75, 3.05) is 32.4 Å². The number of hydrogen-bond acceptors (Lipinski definition) is 6. The summed E-state index contributed by atoms with van der Waals surface area (Å²) in [5.74, 6) is 7.79.